The van der Waals surface area contributed by atoms with Crippen molar-refractivity contribution >= 4 is 21.6 Å². The highest BCUT2D eigenvalue weighted by atomic mass is 32.2. The quantitative estimate of drug-likeness (QED) is 0.931. The van der Waals surface area contributed by atoms with Gasteiger partial charge in [-0.1, -0.05) is 0 Å². The number of sulfonamides is 1. The lowest BCUT2D eigenvalue weighted by Crippen LogP contribution is -2.26. The first-order valence-corrected chi connectivity index (χ1v) is 8.69. The molecule has 2 aromatic rings. The maximum absolute atomic E-state index is 12.7. The highest BCUT2D eigenvalue weighted by molar-refractivity contribution is 7.89. The lowest BCUT2D eigenvalue weighted by Gasteiger charge is -2.16. The van der Waals surface area contributed by atoms with Crippen LogP contribution in [0.25, 0.3) is 0 Å². The largest absolute Gasteiger partial charge is 0.465 e. The molecule has 1 aliphatic heterocycles. The van der Waals surface area contributed by atoms with Gasteiger partial charge in [-0.15, -0.1) is 0 Å². The summed E-state index contributed by atoms with van der Waals surface area (Å²) in [4.78, 5) is 11.9. The molecular formula is C16H18N2O4S. The summed E-state index contributed by atoms with van der Waals surface area (Å²) in [5.41, 5.74) is 1.38. The fourth-order valence-electron chi connectivity index (χ4n) is 2.61. The van der Waals surface area contributed by atoms with Crippen molar-refractivity contribution in [1.29, 1.82) is 0 Å². The van der Waals surface area contributed by atoms with E-state index in [1.54, 1.807) is 31.2 Å². The summed E-state index contributed by atoms with van der Waals surface area (Å²) in [6.45, 7) is 3.72. The van der Waals surface area contributed by atoms with Crippen LogP contribution in [0.3, 0.4) is 0 Å². The van der Waals surface area contributed by atoms with E-state index in [1.807, 2.05) is 6.92 Å². The first kappa shape index (κ1) is 15.8. The topological polar surface area (TPSA) is 79.6 Å². The highest BCUT2D eigenvalue weighted by Gasteiger charge is 2.29. The minimum Gasteiger partial charge on any atom is -0.465 e. The second-order valence-corrected chi connectivity index (χ2v) is 7.78. The van der Waals surface area contributed by atoms with Crippen LogP contribution < -0.4 is 5.32 Å². The van der Waals surface area contributed by atoms with Gasteiger partial charge in [-0.3, -0.25) is 4.79 Å². The maximum atomic E-state index is 12.7. The molecule has 23 heavy (non-hydrogen) atoms. The molecule has 1 aromatic carbocycles. The van der Waals surface area contributed by atoms with E-state index in [-0.39, 0.29) is 23.3 Å². The van der Waals surface area contributed by atoms with Crippen molar-refractivity contribution < 1.29 is 17.6 Å². The second kappa shape index (κ2) is 5.50. The van der Waals surface area contributed by atoms with E-state index >= 15 is 0 Å². The Morgan fingerprint density at radius 3 is 2.65 bits per heavy atom. The van der Waals surface area contributed by atoms with Crippen LogP contribution in [0.4, 0.5) is 5.69 Å². The Bertz CT molecular complexity index is 870. The predicted octanol–water partition coefficient (Wildman–Crippen LogP) is 2.46. The van der Waals surface area contributed by atoms with E-state index in [9.17, 15) is 13.2 Å². The number of benzene rings is 1. The standard InChI is InChI=1S/C16H18N2O4S/c1-10-4-5-12(22-10)9-18(3)23(20,21)13-6-7-15-14(8-13)11(2)16(19)17-15/h4-8,11H,9H2,1-3H3,(H,17,19)/t11-/m0/s1. The smallest absolute Gasteiger partial charge is 0.243 e. The summed E-state index contributed by atoms with van der Waals surface area (Å²) >= 11 is 0. The molecular weight excluding hydrogens is 316 g/mol. The zero-order chi connectivity index (χ0) is 16.8. The first-order valence-electron chi connectivity index (χ1n) is 7.25. The maximum Gasteiger partial charge on any atom is 0.243 e. The fourth-order valence-corrected chi connectivity index (χ4v) is 3.78. The van der Waals surface area contributed by atoms with Gasteiger partial charge in [0.2, 0.25) is 15.9 Å². The third-order valence-corrected chi connectivity index (χ3v) is 5.82. The number of amides is 1. The number of rotatable bonds is 4. The number of carbonyl (C=O) groups is 1. The zero-order valence-electron chi connectivity index (χ0n) is 13.2. The molecule has 2 heterocycles. The summed E-state index contributed by atoms with van der Waals surface area (Å²) in [6, 6.07) is 8.26. The van der Waals surface area contributed by atoms with Gasteiger partial charge in [-0.2, -0.15) is 4.31 Å². The van der Waals surface area contributed by atoms with Crippen molar-refractivity contribution in [3.05, 3.63) is 47.4 Å². The van der Waals surface area contributed by atoms with Gasteiger partial charge in [0, 0.05) is 12.7 Å². The first-order chi connectivity index (χ1) is 10.8. The van der Waals surface area contributed by atoms with Crippen molar-refractivity contribution in [2.24, 2.45) is 0 Å². The number of hydrogen-bond acceptors (Lipinski definition) is 4. The minimum atomic E-state index is -3.66. The van der Waals surface area contributed by atoms with Crippen LogP contribution in [-0.2, 0) is 21.4 Å². The van der Waals surface area contributed by atoms with E-state index in [4.69, 9.17) is 4.42 Å². The van der Waals surface area contributed by atoms with E-state index < -0.39 is 10.0 Å². The SMILES string of the molecule is Cc1ccc(CN(C)S(=O)(=O)c2ccc3c(c2)[C@H](C)C(=O)N3)o1. The van der Waals surface area contributed by atoms with Crippen molar-refractivity contribution in [3.63, 3.8) is 0 Å². The molecule has 122 valence electrons. The molecule has 0 spiro atoms. The Hall–Kier alpha value is -2.12. The molecule has 1 N–H and O–H groups in total. The van der Waals surface area contributed by atoms with Crippen molar-refractivity contribution in [3.8, 4) is 0 Å². The Balaban J connectivity index is 1.89. The number of fused-ring (bicyclic) bond motifs is 1. The van der Waals surface area contributed by atoms with E-state index in [0.717, 1.165) is 5.76 Å². The molecule has 1 amide bonds. The van der Waals surface area contributed by atoms with Gasteiger partial charge in [-0.05, 0) is 49.7 Å². The summed E-state index contributed by atoms with van der Waals surface area (Å²) in [7, 11) is -2.15. The van der Waals surface area contributed by atoms with Gasteiger partial charge in [0.15, 0.2) is 0 Å². The average molecular weight is 334 g/mol. The number of nitrogens with zero attached hydrogens (tertiary/aromatic N) is 1. The van der Waals surface area contributed by atoms with Crippen molar-refractivity contribution in [1.82, 2.24) is 4.31 Å². The van der Waals surface area contributed by atoms with Crippen LogP contribution in [0.2, 0.25) is 0 Å². The van der Waals surface area contributed by atoms with Crippen LogP contribution in [-0.4, -0.2) is 25.7 Å². The van der Waals surface area contributed by atoms with Gasteiger partial charge in [-0.25, -0.2) is 8.42 Å². The predicted molar refractivity (Wildman–Crippen MR) is 85.6 cm³/mol. The van der Waals surface area contributed by atoms with Crippen LogP contribution in [0.15, 0.2) is 39.6 Å². The molecule has 6 nitrogen and oxygen atoms in total. The average Bonchev–Trinajstić information content (AvgIpc) is 3.03. The third-order valence-electron chi connectivity index (χ3n) is 4.02. The van der Waals surface area contributed by atoms with Crippen LogP contribution in [0.5, 0.6) is 0 Å². The normalized spacial score (nSPS) is 17.4. The molecule has 0 saturated heterocycles. The lowest BCUT2D eigenvalue weighted by molar-refractivity contribution is -0.116. The third kappa shape index (κ3) is 2.77. The Kier molecular flexibility index (Phi) is 3.77. The molecule has 3 rings (SSSR count). The molecule has 0 radical (unpaired) electrons. The van der Waals surface area contributed by atoms with E-state index in [0.29, 0.717) is 17.0 Å². The number of nitrogens with one attached hydrogen (secondary N) is 1. The van der Waals surface area contributed by atoms with Crippen LogP contribution >= 0.6 is 0 Å². The molecule has 0 aliphatic carbocycles. The number of furan rings is 1. The lowest BCUT2D eigenvalue weighted by atomic mass is 10.0. The van der Waals surface area contributed by atoms with E-state index in [2.05, 4.69) is 5.32 Å². The fraction of sp³-hybridized carbons (Fsp3) is 0.312. The van der Waals surface area contributed by atoms with Crippen molar-refractivity contribution in [2.45, 2.75) is 31.2 Å². The monoisotopic (exact) mass is 334 g/mol. The summed E-state index contributed by atoms with van der Waals surface area (Å²) < 4.78 is 32.1. The van der Waals surface area contributed by atoms with Gasteiger partial charge >= 0.3 is 0 Å². The van der Waals surface area contributed by atoms with Crippen LogP contribution in [0.1, 0.15) is 29.9 Å². The Morgan fingerprint density at radius 2 is 2.00 bits per heavy atom. The van der Waals surface area contributed by atoms with Gasteiger partial charge in [0.25, 0.3) is 0 Å². The zero-order valence-corrected chi connectivity index (χ0v) is 14.0. The molecule has 1 aromatic heterocycles. The molecule has 0 fully saturated rings. The second-order valence-electron chi connectivity index (χ2n) is 5.73. The van der Waals surface area contributed by atoms with E-state index in [1.165, 1.54) is 17.4 Å². The molecule has 1 atom stereocenters. The minimum absolute atomic E-state index is 0.117. The molecule has 0 unspecified atom stereocenters. The van der Waals surface area contributed by atoms with Gasteiger partial charge in [0.1, 0.15) is 11.5 Å². The number of anilines is 1. The molecule has 0 bridgehead atoms. The summed E-state index contributed by atoms with van der Waals surface area (Å²) in [5, 5.41) is 2.74. The van der Waals surface area contributed by atoms with Crippen LogP contribution in [0, 0.1) is 6.92 Å². The Labute approximate surface area is 135 Å². The van der Waals surface area contributed by atoms with Crippen molar-refractivity contribution in [2.75, 3.05) is 12.4 Å². The summed E-state index contributed by atoms with van der Waals surface area (Å²) in [6.07, 6.45) is 0. The molecule has 1 aliphatic rings. The Morgan fingerprint density at radius 1 is 1.26 bits per heavy atom. The number of hydrogen-bond donors (Lipinski definition) is 1. The van der Waals surface area contributed by atoms with Gasteiger partial charge < -0.3 is 9.73 Å². The number of aryl methyl sites for hydroxylation is 1. The highest BCUT2D eigenvalue weighted by Crippen LogP contribution is 2.34. The molecule has 7 heteroatoms. The molecule has 0 saturated carbocycles. The summed E-state index contributed by atoms with van der Waals surface area (Å²) in [5.74, 6) is 0.855. The van der Waals surface area contributed by atoms with Gasteiger partial charge in [0.05, 0.1) is 17.4 Å². The number of carbonyl (C=O) groups excluding carboxylic acids is 1.